The lowest BCUT2D eigenvalue weighted by Crippen LogP contribution is -2.68. The number of hydrogen-bond donors (Lipinski definition) is 0. The topological polar surface area (TPSA) is 25.6 Å². The molecule has 12 rings (SSSR count). The zero-order chi connectivity index (χ0) is 36.3. The Morgan fingerprint density at radius 1 is 0.500 bits per heavy atom. The van der Waals surface area contributed by atoms with Gasteiger partial charge in [-0.05, 0) is 120 Å². The van der Waals surface area contributed by atoms with Gasteiger partial charge in [0, 0.05) is 33.3 Å². The summed E-state index contributed by atoms with van der Waals surface area (Å²) >= 11 is 0. The van der Waals surface area contributed by atoms with Gasteiger partial charge in [-0.1, -0.05) is 114 Å². The van der Waals surface area contributed by atoms with Crippen LogP contribution in [-0.4, -0.2) is 13.6 Å². The molecule has 5 heterocycles. The molecule has 5 heteroatoms. The van der Waals surface area contributed by atoms with E-state index in [0.717, 1.165) is 33.4 Å². The average Bonchev–Trinajstić information content (AvgIpc) is 3.55. The zero-order valence-corrected chi connectivity index (χ0v) is 31.5. The molecule has 0 saturated carbocycles. The third kappa shape index (κ3) is 3.85. The fourth-order valence-corrected chi connectivity index (χ4v) is 10.3. The largest absolute Gasteiger partial charge is 0.458 e. The molecule has 0 spiro atoms. The van der Waals surface area contributed by atoms with E-state index >= 15 is 0 Å². The second-order valence-electron chi connectivity index (χ2n) is 17.0. The molecule has 0 radical (unpaired) electrons. The lowest BCUT2D eigenvalue weighted by Gasteiger charge is -2.50. The first-order valence-electron chi connectivity index (χ1n) is 19.7. The number of ether oxygens (including phenoxy) is 1. The van der Waals surface area contributed by atoms with Crippen molar-refractivity contribution in [3.63, 3.8) is 0 Å². The van der Waals surface area contributed by atoms with Crippen LogP contribution in [0, 0.1) is 0 Å². The van der Waals surface area contributed by atoms with Crippen LogP contribution >= 0.6 is 0 Å². The van der Waals surface area contributed by atoms with E-state index in [9.17, 15) is 0 Å². The molecule has 8 aromatic rings. The summed E-state index contributed by atoms with van der Waals surface area (Å²) in [6.07, 6.45) is 0. The SMILES string of the molecule is CC(C)c1ccc2c(c1)B1c3cc(C(C)C)ccc3-c3ccc4c5c3N1c1c(cc(C(C)C)cc1-2)B5c1cc2oc3ccc5ccccc5c3c2cc1O4. The summed E-state index contributed by atoms with van der Waals surface area (Å²) in [7, 11) is 0. The predicted octanol–water partition coefficient (Wildman–Crippen LogP) is 9.95. The third-order valence-corrected chi connectivity index (χ3v) is 13.0. The van der Waals surface area contributed by atoms with Crippen molar-refractivity contribution in [2.24, 2.45) is 0 Å². The average molecular weight is 695 g/mol. The van der Waals surface area contributed by atoms with Gasteiger partial charge in [-0.3, -0.25) is 0 Å². The summed E-state index contributed by atoms with van der Waals surface area (Å²) < 4.78 is 13.8. The molecule has 54 heavy (non-hydrogen) atoms. The first-order valence-corrected chi connectivity index (χ1v) is 19.7. The van der Waals surface area contributed by atoms with Crippen LogP contribution in [0.4, 0.5) is 11.4 Å². The summed E-state index contributed by atoms with van der Waals surface area (Å²) in [4.78, 5) is 2.72. The maximum absolute atomic E-state index is 7.10. The van der Waals surface area contributed by atoms with Gasteiger partial charge in [0.1, 0.15) is 22.7 Å². The molecule has 0 saturated heterocycles. The standard InChI is InChI=1S/C49H39B2NO2/c1-25(2)29-11-14-33-35-16-18-43-47-49(35)52-48-36(34-15-12-30(26(3)4)21-39(34)51(52)38(33)20-29)19-31(27(5)6)22-41(48)50(47)40-24-44-37(23-45(40)54-43)46-32-10-8-7-9-28(32)13-17-42(46)53-44/h7-27H,1-6H3. The van der Waals surface area contributed by atoms with Gasteiger partial charge in [0.2, 0.25) is 0 Å². The smallest absolute Gasteiger partial charge is 0.329 e. The minimum Gasteiger partial charge on any atom is -0.458 e. The maximum Gasteiger partial charge on any atom is 0.329 e. The van der Waals surface area contributed by atoms with Gasteiger partial charge >= 0.3 is 6.85 Å². The van der Waals surface area contributed by atoms with E-state index in [-0.39, 0.29) is 13.6 Å². The highest BCUT2D eigenvalue weighted by Gasteiger charge is 2.52. The Morgan fingerprint density at radius 2 is 1.19 bits per heavy atom. The van der Waals surface area contributed by atoms with Crippen LogP contribution in [0.1, 0.15) is 76.0 Å². The normalized spacial score (nSPS) is 14.3. The van der Waals surface area contributed by atoms with E-state index in [1.54, 1.807) is 0 Å². The first-order chi connectivity index (χ1) is 26.2. The van der Waals surface area contributed by atoms with Crippen LogP contribution in [0.3, 0.4) is 0 Å². The van der Waals surface area contributed by atoms with Crippen molar-refractivity contribution in [1.29, 1.82) is 0 Å². The number of fused-ring (bicyclic) bond motifs is 14. The minimum atomic E-state index is -0.00891. The van der Waals surface area contributed by atoms with Crippen LogP contribution < -0.4 is 36.9 Å². The summed E-state index contributed by atoms with van der Waals surface area (Å²) in [6, 6.07) is 41.6. The Bertz CT molecular complexity index is 2990. The molecule has 0 N–H and O–H groups in total. The van der Waals surface area contributed by atoms with Gasteiger partial charge in [0.15, 0.2) is 0 Å². The molecule has 0 atom stereocenters. The van der Waals surface area contributed by atoms with Crippen LogP contribution in [0.5, 0.6) is 11.5 Å². The molecule has 4 aliphatic rings. The van der Waals surface area contributed by atoms with Crippen molar-refractivity contribution in [3.05, 3.63) is 126 Å². The fourth-order valence-electron chi connectivity index (χ4n) is 10.3. The molecule has 258 valence electrons. The molecule has 3 nitrogen and oxygen atoms in total. The van der Waals surface area contributed by atoms with Crippen LogP contribution in [0.2, 0.25) is 0 Å². The second-order valence-corrected chi connectivity index (χ2v) is 17.0. The molecule has 0 bridgehead atoms. The Labute approximate surface area is 316 Å². The Morgan fingerprint density at radius 3 is 1.93 bits per heavy atom. The van der Waals surface area contributed by atoms with Gasteiger partial charge in [-0.2, -0.15) is 0 Å². The molecule has 1 aromatic heterocycles. The van der Waals surface area contributed by atoms with Gasteiger partial charge in [-0.25, -0.2) is 0 Å². The molecule has 0 aliphatic carbocycles. The van der Waals surface area contributed by atoms with Crippen molar-refractivity contribution < 1.29 is 9.15 Å². The monoisotopic (exact) mass is 695 g/mol. The predicted molar refractivity (Wildman–Crippen MR) is 229 cm³/mol. The number of furan rings is 1. The third-order valence-electron chi connectivity index (χ3n) is 13.0. The first kappa shape index (κ1) is 30.8. The number of hydrogen-bond acceptors (Lipinski definition) is 3. The number of rotatable bonds is 3. The van der Waals surface area contributed by atoms with E-state index in [0.29, 0.717) is 17.8 Å². The quantitative estimate of drug-likeness (QED) is 0.172. The number of benzene rings is 7. The van der Waals surface area contributed by atoms with E-state index < -0.39 is 0 Å². The highest BCUT2D eigenvalue weighted by molar-refractivity contribution is 7.03. The van der Waals surface area contributed by atoms with Crippen molar-refractivity contribution >= 4 is 85.0 Å². The molecule has 7 aromatic carbocycles. The minimum absolute atomic E-state index is 0.00891. The van der Waals surface area contributed by atoms with Crippen LogP contribution in [-0.2, 0) is 0 Å². The molecule has 0 fully saturated rings. The van der Waals surface area contributed by atoms with E-state index in [1.807, 2.05) is 0 Å². The highest BCUT2D eigenvalue weighted by Crippen LogP contribution is 2.50. The second kappa shape index (κ2) is 10.5. The Hall–Kier alpha value is -5.67. The van der Waals surface area contributed by atoms with E-state index in [2.05, 4.69) is 156 Å². The Balaban J connectivity index is 1.21. The maximum atomic E-state index is 7.10. The molecule has 0 unspecified atom stereocenters. The zero-order valence-electron chi connectivity index (χ0n) is 31.5. The van der Waals surface area contributed by atoms with Crippen LogP contribution in [0.15, 0.2) is 114 Å². The molecule has 0 amide bonds. The highest BCUT2D eigenvalue weighted by atomic mass is 16.5. The summed E-state index contributed by atoms with van der Waals surface area (Å²) in [5.74, 6) is 3.11. The van der Waals surface area contributed by atoms with Crippen LogP contribution in [0.25, 0.3) is 55.0 Å². The van der Waals surface area contributed by atoms with Gasteiger partial charge < -0.3 is 14.0 Å². The number of anilines is 2. The summed E-state index contributed by atoms with van der Waals surface area (Å²) in [6.45, 7) is 13.9. The molecular formula is C49H39B2NO2. The number of nitrogens with zero attached hydrogens (tertiary/aromatic N) is 1. The van der Waals surface area contributed by atoms with Gasteiger partial charge in [0.05, 0.1) is 0 Å². The molecule has 4 aliphatic heterocycles. The molecular weight excluding hydrogens is 656 g/mol. The summed E-state index contributed by atoms with van der Waals surface area (Å²) in [5, 5.41) is 4.67. The van der Waals surface area contributed by atoms with Crippen molar-refractivity contribution in [2.45, 2.75) is 59.3 Å². The fraction of sp³-hybridized carbons (Fsp3) is 0.184. The van der Waals surface area contributed by atoms with Crippen molar-refractivity contribution in [2.75, 3.05) is 4.81 Å². The summed E-state index contributed by atoms with van der Waals surface area (Å²) in [5.41, 5.74) is 20.5. The van der Waals surface area contributed by atoms with Crippen molar-refractivity contribution in [1.82, 2.24) is 0 Å². The lowest BCUT2D eigenvalue weighted by molar-refractivity contribution is 0.488. The van der Waals surface area contributed by atoms with Crippen molar-refractivity contribution in [3.8, 4) is 33.8 Å². The van der Waals surface area contributed by atoms with Gasteiger partial charge in [0.25, 0.3) is 6.71 Å². The van der Waals surface area contributed by atoms with E-state index in [1.165, 1.54) is 88.4 Å². The lowest BCUT2D eigenvalue weighted by atomic mass is 9.31. The van der Waals surface area contributed by atoms with E-state index in [4.69, 9.17) is 9.15 Å². The van der Waals surface area contributed by atoms with Gasteiger partial charge in [-0.15, -0.1) is 0 Å². The Kier molecular flexibility index (Phi) is 5.98.